The van der Waals surface area contributed by atoms with E-state index in [1.807, 2.05) is 18.2 Å². The molecule has 0 atom stereocenters. The highest BCUT2D eigenvalue weighted by Crippen LogP contribution is 2.43. The van der Waals surface area contributed by atoms with Gasteiger partial charge < -0.3 is 4.57 Å². The number of benzene rings is 7. The summed E-state index contributed by atoms with van der Waals surface area (Å²) in [6, 6.07) is 59.3. The van der Waals surface area contributed by atoms with E-state index in [0.29, 0.717) is 5.82 Å². The molecule has 0 spiro atoms. The summed E-state index contributed by atoms with van der Waals surface area (Å²) in [6.07, 6.45) is 6.29. The first-order valence-electron chi connectivity index (χ1n) is 18.9. The summed E-state index contributed by atoms with van der Waals surface area (Å²) in [5, 5.41) is 5.56. The van der Waals surface area contributed by atoms with Crippen LogP contribution in [-0.2, 0) is 0 Å². The van der Waals surface area contributed by atoms with Crippen molar-refractivity contribution in [3.05, 3.63) is 194 Å². The van der Waals surface area contributed by atoms with Crippen LogP contribution in [-0.4, -0.2) is 19.5 Å². The fourth-order valence-electron chi connectivity index (χ4n) is 8.16. The Hall–Kier alpha value is -7.43. The van der Waals surface area contributed by atoms with Gasteiger partial charge in [0.15, 0.2) is 5.82 Å². The molecule has 4 nitrogen and oxygen atoms in total. The lowest BCUT2D eigenvalue weighted by atomic mass is 9.94. The van der Waals surface area contributed by atoms with Gasteiger partial charge in [-0.3, -0.25) is 0 Å². The standard InChI is InChI=1S/C52H36N4/c1-3-16-42-46(4-2)56(39-21-9-6-10-22-39)47-32-31-43-48(49(42)47)40-23-11-13-25-44(40)53-51(43)37-19-15-20-38(33-37)52-54-45-26-14-12-24-41(45)50(55-52)36-29-27-35(28-30-36)34-17-7-5-8-18-34/h3-33H,2H2,1H3/b16-3-. The van der Waals surface area contributed by atoms with Crippen molar-refractivity contribution in [1.29, 1.82) is 0 Å². The van der Waals surface area contributed by atoms with Gasteiger partial charge >= 0.3 is 0 Å². The van der Waals surface area contributed by atoms with Crippen molar-refractivity contribution in [1.82, 2.24) is 19.5 Å². The number of hydrogen-bond donors (Lipinski definition) is 0. The summed E-state index contributed by atoms with van der Waals surface area (Å²) in [4.78, 5) is 15.7. The molecular weight excluding hydrogens is 681 g/mol. The van der Waals surface area contributed by atoms with Gasteiger partial charge in [-0.25, -0.2) is 15.0 Å². The van der Waals surface area contributed by atoms with Crippen molar-refractivity contribution >= 4 is 55.6 Å². The lowest BCUT2D eigenvalue weighted by Gasteiger charge is -2.14. The molecule has 264 valence electrons. The zero-order valence-electron chi connectivity index (χ0n) is 30.9. The maximum Gasteiger partial charge on any atom is 0.160 e. The molecule has 0 saturated carbocycles. The molecule has 0 radical (unpaired) electrons. The lowest BCUT2D eigenvalue weighted by molar-refractivity contribution is 1.11. The largest absolute Gasteiger partial charge is 0.309 e. The molecule has 0 saturated heterocycles. The Morgan fingerprint density at radius 1 is 0.482 bits per heavy atom. The van der Waals surface area contributed by atoms with Gasteiger partial charge in [0.2, 0.25) is 0 Å². The number of allylic oxidation sites excluding steroid dienone is 1. The number of pyridine rings is 1. The number of hydrogen-bond acceptors (Lipinski definition) is 3. The van der Waals surface area contributed by atoms with Gasteiger partial charge in [-0.1, -0.05) is 152 Å². The molecule has 0 N–H and O–H groups in total. The predicted molar refractivity (Wildman–Crippen MR) is 236 cm³/mol. The highest BCUT2D eigenvalue weighted by molar-refractivity contribution is 6.24. The lowest BCUT2D eigenvalue weighted by Crippen LogP contribution is -1.97. The number of para-hydroxylation sites is 3. The molecular formula is C52H36N4. The molecule has 10 rings (SSSR count). The molecule has 56 heavy (non-hydrogen) atoms. The van der Waals surface area contributed by atoms with E-state index in [1.165, 1.54) is 21.9 Å². The number of rotatable bonds is 7. The van der Waals surface area contributed by atoms with Crippen LogP contribution in [0, 0.1) is 0 Å². The van der Waals surface area contributed by atoms with Gasteiger partial charge in [0.05, 0.1) is 33.6 Å². The van der Waals surface area contributed by atoms with Crippen LogP contribution >= 0.6 is 0 Å². The van der Waals surface area contributed by atoms with E-state index in [2.05, 4.69) is 188 Å². The highest BCUT2D eigenvalue weighted by Gasteiger charge is 2.21. The normalized spacial score (nSPS) is 11.7. The first-order chi connectivity index (χ1) is 27.7. The molecule has 0 aliphatic heterocycles. The van der Waals surface area contributed by atoms with Gasteiger partial charge in [0.25, 0.3) is 0 Å². The van der Waals surface area contributed by atoms with E-state index >= 15 is 0 Å². The van der Waals surface area contributed by atoms with Crippen LogP contribution in [0.2, 0.25) is 0 Å². The van der Waals surface area contributed by atoms with Gasteiger partial charge in [-0.15, -0.1) is 0 Å². The van der Waals surface area contributed by atoms with E-state index in [-0.39, 0.29) is 0 Å². The minimum atomic E-state index is 0.672. The van der Waals surface area contributed by atoms with Crippen molar-refractivity contribution in [3.8, 4) is 50.7 Å². The van der Waals surface area contributed by atoms with E-state index < -0.39 is 0 Å². The molecule has 0 bridgehead atoms. The summed E-state index contributed by atoms with van der Waals surface area (Å²) < 4.78 is 2.32. The summed E-state index contributed by atoms with van der Waals surface area (Å²) >= 11 is 0. The van der Waals surface area contributed by atoms with E-state index in [4.69, 9.17) is 15.0 Å². The third kappa shape index (κ3) is 5.50. The Morgan fingerprint density at radius 2 is 1.09 bits per heavy atom. The molecule has 7 aromatic carbocycles. The summed E-state index contributed by atoms with van der Waals surface area (Å²) in [5.41, 5.74) is 13.4. The first-order valence-corrected chi connectivity index (χ1v) is 18.9. The topological polar surface area (TPSA) is 43.6 Å². The Morgan fingerprint density at radius 3 is 1.84 bits per heavy atom. The number of nitrogens with zero attached hydrogens (tertiary/aromatic N) is 4. The van der Waals surface area contributed by atoms with E-state index in [1.54, 1.807) is 0 Å². The molecule has 0 aliphatic carbocycles. The van der Waals surface area contributed by atoms with Crippen molar-refractivity contribution in [2.75, 3.05) is 0 Å². The molecule has 4 heteroatoms. The zero-order valence-corrected chi connectivity index (χ0v) is 30.9. The molecule has 0 amide bonds. The minimum absolute atomic E-state index is 0.672. The molecule has 0 unspecified atom stereocenters. The van der Waals surface area contributed by atoms with E-state index in [0.717, 1.165) is 77.7 Å². The van der Waals surface area contributed by atoms with Gasteiger partial charge in [0.1, 0.15) is 0 Å². The molecule has 10 aromatic rings. The van der Waals surface area contributed by atoms with Crippen LogP contribution in [0.3, 0.4) is 0 Å². The Labute approximate surface area is 325 Å². The smallest absolute Gasteiger partial charge is 0.160 e. The van der Waals surface area contributed by atoms with Gasteiger partial charge in [0, 0.05) is 54.9 Å². The van der Waals surface area contributed by atoms with Gasteiger partial charge in [-0.05, 0) is 60.5 Å². The second-order valence-electron chi connectivity index (χ2n) is 14.0. The SMILES string of the molecule is C=Cc1c(/C=C\C)c2c3c(ccc2n1-c1ccccc1)c(-c1cccc(-c2nc(-c4ccc(-c5ccccc5)cc4)c4ccccc4n2)c1)nc1ccccc13. The molecule has 3 aromatic heterocycles. The Balaban J connectivity index is 1.18. The second kappa shape index (κ2) is 13.8. The van der Waals surface area contributed by atoms with Crippen molar-refractivity contribution in [2.45, 2.75) is 6.92 Å². The summed E-state index contributed by atoms with van der Waals surface area (Å²) in [6.45, 7) is 6.35. The quantitative estimate of drug-likeness (QED) is 0.154. The van der Waals surface area contributed by atoms with Crippen LogP contribution in [0.5, 0.6) is 0 Å². The van der Waals surface area contributed by atoms with Crippen LogP contribution in [0.1, 0.15) is 18.2 Å². The monoisotopic (exact) mass is 716 g/mol. The van der Waals surface area contributed by atoms with Crippen molar-refractivity contribution in [3.63, 3.8) is 0 Å². The average molecular weight is 717 g/mol. The number of aromatic nitrogens is 4. The van der Waals surface area contributed by atoms with Gasteiger partial charge in [-0.2, -0.15) is 0 Å². The Bertz CT molecular complexity index is 3140. The van der Waals surface area contributed by atoms with Crippen LogP contribution in [0.4, 0.5) is 0 Å². The van der Waals surface area contributed by atoms with Crippen molar-refractivity contribution < 1.29 is 0 Å². The van der Waals surface area contributed by atoms with Crippen molar-refractivity contribution in [2.24, 2.45) is 0 Å². The first kappa shape index (κ1) is 33.2. The third-order valence-electron chi connectivity index (χ3n) is 10.7. The highest BCUT2D eigenvalue weighted by atomic mass is 15.0. The minimum Gasteiger partial charge on any atom is -0.309 e. The van der Waals surface area contributed by atoms with Crippen LogP contribution in [0.25, 0.3) is 106 Å². The van der Waals surface area contributed by atoms with E-state index in [9.17, 15) is 0 Å². The fraction of sp³-hybridized carbons (Fsp3) is 0.0192. The maximum absolute atomic E-state index is 5.36. The third-order valence-corrected chi connectivity index (χ3v) is 10.7. The second-order valence-corrected chi connectivity index (χ2v) is 14.0. The molecule has 0 aliphatic rings. The average Bonchev–Trinajstić information content (AvgIpc) is 3.59. The summed E-state index contributed by atoms with van der Waals surface area (Å²) in [5.74, 6) is 0.672. The summed E-state index contributed by atoms with van der Waals surface area (Å²) in [7, 11) is 0. The fourth-order valence-corrected chi connectivity index (χ4v) is 8.16. The zero-order chi connectivity index (χ0) is 37.6. The molecule has 0 fully saturated rings. The maximum atomic E-state index is 5.36. The van der Waals surface area contributed by atoms with Crippen LogP contribution < -0.4 is 0 Å². The predicted octanol–water partition coefficient (Wildman–Crippen LogP) is 13.6. The number of fused-ring (bicyclic) bond motifs is 6. The van der Waals surface area contributed by atoms with Crippen LogP contribution in [0.15, 0.2) is 183 Å². The molecule has 3 heterocycles. The Kier molecular flexibility index (Phi) is 8.15.